The van der Waals surface area contributed by atoms with Crippen LogP contribution in [0.25, 0.3) is 0 Å². The van der Waals surface area contributed by atoms with E-state index in [1.54, 1.807) is 12.4 Å². The van der Waals surface area contributed by atoms with Gasteiger partial charge in [-0.3, -0.25) is 9.69 Å². The molecule has 6 heteroatoms. The lowest BCUT2D eigenvalue weighted by molar-refractivity contribution is 0.0782. The van der Waals surface area contributed by atoms with Crippen molar-refractivity contribution in [1.29, 1.82) is 0 Å². The Morgan fingerprint density at radius 1 is 1.00 bits per heavy atom. The molecule has 6 nitrogen and oxygen atoms in total. The van der Waals surface area contributed by atoms with Gasteiger partial charge in [0.15, 0.2) is 0 Å². The summed E-state index contributed by atoms with van der Waals surface area (Å²) in [5.41, 5.74) is 3.48. The van der Waals surface area contributed by atoms with E-state index in [1.165, 1.54) is 11.1 Å². The Balaban J connectivity index is 1.27. The molecule has 0 aliphatic carbocycles. The van der Waals surface area contributed by atoms with Gasteiger partial charge in [-0.05, 0) is 36.4 Å². The van der Waals surface area contributed by atoms with Gasteiger partial charge in [-0.1, -0.05) is 6.07 Å². The molecule has 2 aromatic rings. The van der Waals surface area contributed by atoms with Gasteiger partial charge in [-0.15, -0.1) is 0 Å². The van der Waals surface area contributed by atoms with E-state index < -0.39 is 0 Å². The highest BCUT2D eigenvalue weighted by Crippen LogP contribution is 2.33. The molecule has 26 heavy (non-hydrogen) atoms. The first-order valence-corrected chi connectivity index (χ1v) is 9.29. The van der Waals surface area contributed by atoms with Crippen molar-refractivity contribution in [2.24, 2.45) is 11.8 Å². The van der Waals surface area contributed by atoms with Crippen molar-refractivity contribution in [2.75, 3.05) is 38.1 Å². The maximum Gasteiger partial charge on any atom is 0.253 e. The predicted molar refractivity (Wildman–Crippen MR) is 98.7 cm³/mol. The Morgan fingerprint density at radius 2 is 1.69 bits per heavy atom. The molecule has 2 saturated heterocycles. The number of carbonyl (C=O) groups excluding carboxylic acids is 1. The van der Waals surface area contributed by atoms with Crippen LogP contribution in [-0.4, -0.2) is 58.9 Å². The second kappa shape index (κ2) is 6.06. The highest BCUT2D eigenvalue weighted by molar-refractivity contribution is 5.94. The number of hydrogen-bond donors (Lipinski definition) is 0. The summed E-state index contributed by atoms with van der Waals surface area (Å²) in [7, 11) is 2.12. The second-order valence-corrected chi connectivity index (χ2v) is 7.84. The van der Waals surface area contributed by atoms with Gasteiger partial charge in [-0.2, -0.15) is 0 Å². The molecule has 2 atom stereocenters. The molecule has 0 N–H and O–H groups in total. The highest BCUT2D eigenvalue weighted by Gasteiger charge is 2.42. The normalized spacial score (nSPS) is 24.8. The quantitative estimate of drug-likeness (QED) is 0.825. The summed E-state index contributed by atoms with van der Waals surface area (Å²) in [6.07, 6.45) is 3.58. The number of carbonyl (C=O) groups is 1. The van der Waals surface area contributed by atoms with Crippen molar-refractivity contribution in [3.8, 4) is 0 Å². The topological polar surface area (TPSA) is 52.6 Å². The first-order chi connectivity index (χ1) is 12.7. The lowest BCUT2D eigenvalue weighted by Crippen LogP contribution is -2.33. The van der Waals surface area contributed by atoms with Gasteiger partial charge in [0.05, 0.1) is 0 Å². The third-order valence-corrected chi connectivity index (χ3v) is 5.94. The molecule has 4 heterocycles. The van der Waals surface area contributed by atoms with Crippen LogP contribution in [0.5, 0.6) is 0 Å². The minimum atomic E-state index is 0.180. The maximum atomic E-state index is 13.0. The summed E-state index contributed by atoms with van der Waals surface area (Å²) in [6, 6.07) is 8.06. The summed E-state index contributed by atoms with van der Waals surface area (Å²) in [5, 5.41) is 0. The number of fused-ring (bicyclic) bond motifs is 2. The van der Waals surface area contributed by atoms with E-state index in [2.05, 4.69) is 38.9 Å². The first-order valence-electron chi connectivity index (χ1n) is 9.29. The molecule has 0 saturated carbocycles. The van der Waals surface area contributed by atoms with Crippen LogP contribution in [-0.2, 0) is 13.1 Å². The van der Waals surface area contributed by atoms with Crippen LogP contribution in [0.4, 0.5) is 5.95 Å². The maximum absolute atomic E-state index is 13.0. The summed E-state index contributed by atoms with van der Waals surface area (Å²) in [6.45, 7) is 5.47. The Labute approximate surface area is 153 Å². The molecule has 1 aromatic heterocycles. The smallest absolute Gasteiger partial charge is 0.253 e. The Bertz CT molecular complexity index is 825. The van der Waals surface area contributed by atoms with Crippen LogP contribution in [0.15, 0.2) is 36.7 Å². The largest absolute Gasteiger partial charge is 0.340 e. The molecule has 0 bridgehead atoms. The van der Waals surface area contributed by atoms with Gasteiger partial charge in [0.1, 0.15) is 0 Å². The molecule has 0 radical (unpaired) electrons. The van der Waals surface area contributed by atoms with Crippen LogP contribution in [0.2, 0.25) is 0 Å². The van der Waals surface area contributed by atoms with Gasteiger partial charge < -0.3 is 9.80 Å². The average Bonchev–Trinajstić information content (AvgIpc) is 3.32. The zero-order valence-electron chi connectivity index (χ0n) is 15.0. The number of benzene rings is 1. The number of nitrogens with zero attached hydrogens (tertiary/aromatic N) is 5. The zero-order chi connectivity index (χ0) is 17.7. The van der Waals surface area contributed by atoms with E-state index in [-0.39, 0.29) is 5.91 Å². The fourth-order valence-electron chi connectivity index (χ4n) is 4.66. The highest BCUT2D eigenvalue weighted by atomic mass is 16.2. The number of likely N-dealkylation sites (tertiary alicyclic amines) is 1. The zero-order valence-corrected chi connectivity index (χ0v) is 15.0. The standard InChI is InChI=1S/C20H23N5O/c1-23-8-15-4-3-14(7-16(15)9-23)19(26)24-10-17-12-25(13-18(17)11-24)20-21-5-2-6-22-20/h2-7,17-18H,8-13H2,1H3/t17-,18+. The van der Waals surface area contributed by atoms with Crippen LogP contribution in [0.1, 0.15) is 21.5 Å². The predicted octanol–water partition coefficient (Wildman–Crippen LogP) is 1.63. The molecule has 1 amide bonds. The van der Waals surface area contributed by atoms with Crippen molar-refractivity contribution >= 4 is 11.9 Å². The Morgan fingerprint density at radius 3 is 2.42 bits per heavy atom. The summed E-state index contributed by atoms with van der Waals surface area (Å²) in [5.74, 6) is 2.02. The van der Waals surface area contributed by atoms with Gasteiger partial charge in [0, 0.05) is 69.1 Å². The van der Waals surface area contributed by atoms with E-state index in [0.717, 1.165) is 50.8 Å². The molecular formula is C20H23N5O. The third kappa shape index (κ3) is 2.65. The van der Waals surface area contributed by atoms with Crippen LogP contribution in [0, 0.1) is 11.8 Å². The molecule has 134 valence electrons. The molecule has 1 aromatic carbocycles. The fourth-order valence-corrected chi connectivity index (χ4v) is 4.66. The molecule has 5 rings (SSSR count). The van der Waals surface area contributed by atoms with Gasteiger partial charge in [0.25, 0.3) is 5.91 Å². The molecule has 3 aliphatic rings. The fraction of sp³-hybridized carbons (Fsp3) is 0.450. The number of rotatable bonds is 2. The average molecular weight is 349 g/mol. The number of amides is 1. The molecular weight excluding hydrogens is 326 g/mol. The number of anilines is 1. The van der Waals surface area contributed by atoms with E-state index in [1.807, 2.05) is 17.0 Å². The van der Waals surface area contributed by atoms with Crippen LogP contribution in [0.3, 0.4) is 0 Å². The Kier molecular flexibility index (Phi) is 3.67. The minimum absolute atomic E-state index is 0.180. The number of aromatic nitrogens is 2. The van der Waals surface area contributed by atoms with E-state index >= 15 is 0 Å². The van der Waals surface area contributed by atoms with Gasteiger partial charge >= 0.3 is 0 Å². The van der Waals surface area contributed by atoms with Crippen LogP contribution >= 0.6 is 0 Å². The first kappa shape index (κ1) is 15.8. The Hall–Kier alpha value is -2.47. The second-order valence-electron chi connectivity index (χ2n) is 7.84. The summed E-state index contributed by atoms with van der Waals surface area (Å²) < 4.78 is 0. The van der Waals surface area contributed by atoms with Crippen molar-refractivity contribution in [3.05, 3.63) is 53.3 Å². The molecule has 0 unspecified atom stereocenters. The summed E-state index contributed by atoms with van der Waals surface area (Å²) in [4.78, 5) is 28.3. The lowest BCUT2D eigenvalue weighted by atomic mass is 10.0. The SMILES string of the molecule is CN1Cc2ccc(C(=O)N3C[C@@H]4CN(c5ncccn5)C[C@@H]4C3)cc2C1. The number of hydrogen-bond acceptors (Lipinski definition) is 5. The van der Waals surface area contributed by atoms with E-state index in [4.69, 9.17) is 0 Å². The third-order valence-electron chi connectivity index (χ3n) is 5.94. The van der Waals surface area contributed by atoms with Gasteiger partial charge in [0.2, 0.25) is 5.95 Å². The molecule has 0 spiro atoms. The van der Waals surface area contributed by atoms with Gasteiger partial charge in [-0.25, -0.2) is 9.97 Å². The lowest BCUT2D eigenvalue weighted by Gasteiger charge is -2.22. The molecule has 3 aliphatic heterocycles. The minimum Gasteiger partial charge on any atom is -0.340 e. The molecule has 2 fully saturated rings. The van der Waals surface area contributed by atoms with Crippen molar-refractivity contribution in [3.63, 3.8) is 0 Å². The van der Waals surface area contributed by atoms with Crippen LogP contribution < -0.4 is 4.90 Å². The van der Waals surface area contributed by atoms with Crippen molar-refractivity contribution in [1.82, 2.24) is 19.8 Å². The van der Waals surface area contributed by atoms with E-state index in [0.29, 0.717) is 11.8 Å². The van der Waals surface area contributed by atoms with Crippen molar-refractivity contribution < 1.29 is 4.79 Å². The van der Waals surface area contributed by atoms with Crippen molar-refractivity contribution in [2.45, 2.75) is 13.1 Å². The monoisotopic (exact) mass is 349 g/mol. The van der Waals surface area contributed by atoms with E-state index in [9.17, 15) is 4.79 Å². The summed E-state index contributed by atoms with van der Waals surface area (Å²) >= 11 is 0.